The number of carbonyl (C=O) groups is 1. The maximum Gasteiger partial charge on any atom is 0.262 e. The third-order valence-electron chi connectivity index (χ3n) is 6.20. The van der Waals surface area contributed by atoms with Crippen molar-refractivity contribution in [3.63, 3.8) is 0 Å². The van der Waals surface area contributed by atoms with Gasteiger partial charge in [0.1, 0.15) is 0 Å². The molecule has 33 heavy (non-hydrogen) atoms. The third-order valence-corrected chi connectivity index (χ3v) is 7.31. The molecule has 1 aliphatic heterocycles. The molecular weight excluding hydrogens is 458 g/mol. The SMILES string of the molecule is CCOc1c(-c2ccc(C(=O)NCN3CCCC3CC)s2)ccc(N(CC)CC)c1OC.Cl. The number of nitrogens with zero attached hydrogens (tertiary/aromatic N) is 2. The number of anilines is 1. The van der Waals surface area contributed by atoms with Gasteiger partial charge in [0.15, 0.2) is 11.5 Å². The number of benzene rings is 1. The molecule has 1 aromatic carbocycles. The van der Waals surface area contributed by atoms with Gasteiger partial charge in [-0.1, -0.05) is 6.92 Å². The summed E-state index contributed by atoms with van der Waals surface area (Å²) in [5.41, 5.74) is 1.98. The lowest BCUT2D eigenvalue weighted by Gasteiger charge is -2.25. The fraction of sp³-hybridized carbons (Fsp3) is 0.560. The molecule has 2 heterocycles. The van der Waals surface area contributed by atoms with Gasteiger partial charge >= 0.3 is 0 Å². The summed E-state index contributed by atoms with van der Waals surface area (Å²) in [5.74, 6) is 1.45. The molecule has 1 atom stereocenters. The number of nitrogens with one attached hydrogen (secondary N) is 1. The van der Waals surface area contributed by atoms with Crippen molar-refractivity contribution in [2.75, 3.05) is 44.9 Å². The van der Waals surface area contributed by atoms with E-state index >= 15 is 0 Å². The van der Waals surface area contributed by atoms with Gasteiger partial charge in [-0.15, -0.1) is 23.7 Å². The van der Waals surface area contributed by atoms with E-state index in [9.17, 15) is 4.79 Å². The van der Waals surface area contributed by atoms with Gasteiger partial charge < -0.3 is 19.7 Å². The smallest absolute Gasteiger partial charge is 0.262 e. The van der Waals surface area contributed by atoms with E-state index in [1.54, 1.807) is 7.11 Å². The number of methoxy groups -OCH3 is 1. The van der Waals surface area contributed by atoms with Crippen molar-refractivity contribution in [3.05, 3.63) is 29.1 Å². The van der Waals surface area contributed by atoms with Gasteiger partial charge in [-0.05, 0) is 64.3 Å². The summed E-state index contributed by atoms with van der Waals surface area (Å²) in [6, 6.07) is 8.64. The maximum absolute atomic E-state index is 12.8. The minimum absolute atomic E-state index is 0. The number of carbonyl (C=O) groups excluding carboxylic acids is 1. The quantitative estimate of drug-likeness (QED) is 0.436. The summed E-state index contributed by atoms with van der Waals surface area (Å²) in [4.78, 5) is 19.1. The molecule has 8 heteroatoms. The Morgan fingerprint density at radius 3 is 2.55 bits per heavy atom. The lowest BCUT2D eigenvalue weighted by atomic mass is 10.1. The number of hydrogen-bond donors (Lipinski definition) is 1. The molecule has 1 unspecified atom stereocenters. The second kappa shape index (κ2) is 13.1. The number of ether oxygens (including phenoxy) is 2. The van der Waals surface area contributed by atoms with Gasteiger partial charge in [0, 0.05) is 36.1 Å². The van der Waals surface area contributed by atoms with Crippen LogP contribution >= 0.6 is 23.7 Å². The Labute approximate surface area is 208 Å². The summed E-state index contributed by atoms with van der Waals surface area (Å²) < 4.78 is 11.8. The van der Waals surface area contributed by atoms with Crippen LogP contribution in [0.15, 0.2) is 24.3 Å². The first-order valence-electron chi connectivity index (χ1n) is 11.8. The molecule has 1 saturated heterocycles. The van der Waals surface area contributed by atoms with Crippen LogP contribution in [-0.2, 0) is 0 Å². The lowest BCUT2D eigenvalue weighted by molar-refractivity contribution is 0.0921. The summed E-state index contributed by atoms with van der Waals surface area (Å²) in [6.07, 6.45) is 3.56. The van der Waals surface area contributed by atoms with Gasteiger partial charge in [-0.3, -0.25) is 9.69 Å². The van der Waals surface area contributed by atoms with Crippen molar-refractivity contribution in [1.29, 1.82) is 0 Å². The van der Waals surface area contributed by atoms with E-state index in [-0.39, 0.29) is 18.3 Å². The van der Waals surface area contributed by atoms with E-state index < -0.39 is 0 Å². The summed E-state index contributed by atoms with van der Waals surface area (Å²) >= 11 is 1.49. The summed E-state index contributed by atoms with van der Waals surface area (Å²) in [5, 5.41) is 3.11. The lowest BCUT2D eigenvalue weighted by Crippen LogP contribution is -2.39. The van der Waals surface area contributed by atoms with Crippen molar-refractivity contribution in [1.82, 2.24) is 10.2 Å². The zero-order valence-corrected chi connectivity index (χ0v) is 22.1. The average Bonchev–Trinajstić information content (AvgIpc) is 3.48. The first kappa shape index (κ1) is 27.3. The van der Waals surface area contributed by atoms with Crippen LogP contribution in [0.4, 0.5) is 5.69 Å². The molecule has 3 rings (SSSR count). The molecule has 0 radical (unpaired) electrons. The number of rotatable bonds is 11. The first-order valence-corrected chi connectivity index (χ1v) is 12.6. The highest BCUT2D eigenvalue weighted by Crippen LogP contribution is 2.46. The minimum atomic E-state index is -0.0207. The largest absolute Gasteiger partial charge is 0.491 e. The van der Waals surface area contributed by atoms with E-state index in [1.165, 1.54) is 24.2 Å². The van der Waals surface area contributed by atoms with Crippen molar-refractivity contribution >= 4 is 35.3 Å². The number of amides is 1. The Morgan fingerprint density at radius 1 is 1.15 bits per heavy atom. The van der Waals surface area contributed by atoms with Crippen molar-refractivity contribution in [3.8, 4) is 21.9 Å². The average molecular weight is 496 g/mol. The van der Waals surface area contributed by atoms with Crippen molar-refractivity contribution < 1.29 is 14.3 Å². The Kier molecular flexibility index (Phi) is 10.8. The molecule has 0 aliphatic carbocycles. The predicted octanol–water partition coefficient (Wildman–Crippen LogP) is 5.65. The van der Waals surface area contributed by atoms with Gasteiger partial charge in [0.2, 0.25) is 0 Å². The molecule has 0 spiro atoms. The fourth-order valence-electron chi connectivity index (χ4n) is 4.48. The van der Waals surface area contributed by atoms with Crippen molar-refractivity contribution in [2.24, 2.45) is 0 Å². The first-order chi connectivity index (χ1) is 15.6. The molecule has 1 fully saturated rings. The van der Waals surface area contributed by atoms with Crippen LogP contribution in [0.25, 0.3) is 10.4 Å². The number of hydrogen-bond acceptors (Lipinski definition) is 6. The Hall–Kier alpha value is -1.96. The molecule has 1 N–H and O–H groups in total. The van der Waals surface area contributed by atoms with Crippen molar-refractivity contribution in [2.45, 2.75) is 53.0 Å². The maximum atomic E-state index is 12.8. The van der Waals surface area contributed by atoms with Crippen LogP contribution in [0.2, 0.25) is 0 Å². The van der Waals surface area contributed by atoms with Gasteiger partial charge in [-0.2, -0.15) is 0 Å². The van der Waals surface area contributed by atoms with E-state index in [2.05, 4.69) is 48.0 Å². The molecule has 0 bridgehead atoms. The summed E-state index contributed by atoms with van der Waals surface area (Å²) in [6.45, 7) is 12.4. The highest BCUT2D eigenvalue weighted by atomic mass is 35.5. The topological polar surface area (TPSA) is 54.0 Å². The van der Waals surface area contributed by atoms with Crippen LogP contribution in [0.3, 0.4) is 0 Å². The second-order valence-electron chi connectivity index (χ2n) is 7.94. The van der Waals surface area contributed by atoms with Crippen LogP contribution in [0.5, 0.6) is 11.5 Å². The zero-order chi connectivity index (χ0) is 23.1. The van der Waals surface area contributed by atoms with E-state index in [1.807, 2.05) is 19.1 Å². The van der Waals surface area contributed by atoms with E-state index in [0.29, 0.717) is 24.2 Å². The Balaban J connectivity index is 0.00000385. The molecular formula is C25H38ClN3O3S. The van der Waals surface area contributed by atoms with Gasteiger partial charge in [0.25, 0.3) is 5.91 Å². The zero-order valence-electron chi connectivity index (χ0n) is 20.5. The molecule has 1 amide bonds. The minimum Gasteiger partial charge on any atom is -0.491 e. The Bertz CT molecular complexity index is 901. The number of likely N-dealkylation sites (tertiary alicyclic amines) is 1. The standard InChI is InChI=1S/C25H37N3O3S.ClH/c1-6-18-11-10-16-28(18)17-26-25(29)22-15-14-21(32-22)19-12-13-20(27(7-2)8-3)24(30-5)23(19)31-9-4;/h12-15,18H,6-11,16-17H2,1-5H3,(H,26,29);1H. The number of halogens is 1. The molecule has 6 nitrogen and oxygen atoms in total. The van der Waals surface area contributed by atoms with Crippen LogP contribution in [0, 0.1) is 0 Å². The van der Waals surface area contributed by atoms with Gasteiger partial charge in [0.05, 0.1) is 30.9 Å². The Morgan fingerprint density at radius 2 is 1.91 bits per heavy atom. The van der Waals surface area contributed by atoms with E-state index in [0.717, 1.165) is 53.7 Å². The van der Waals surface area contributed by atoms with Crippen LogP contribution < -0.4 is 19.7 Å². The molecule has 184 valence electrons. The van der Waals surface area contributed by atoms with Crippen LogP contribution in [0.1, 0.15) is 56.6 Å². The molecule has 1 aliphatic rings. The molecule has 0 saturated carbocycles. The summed E-state index contributed by atoms with van der Waals surface area (Å²) in [7, 11) is 1.68. The second-order valence-corrected chi connectivity index (χ2v) is 9.03. The molecule has 2 aromatic rings. The number of thiophene rings is 1. The van der Waals surface area contributed by atoms with E-state index in [4.69, 9.17) is 9.47 Å². The highest BCUT2D eigenvalue weighted by Gasteiger charge is 2.24. The van der Waals surface area contributed by atoms with Crippen LogP contribution in [-0.4, -0.2) is 56.9 Å². The predicted molar refractivity (Wildman–Crippen MR) is 141 cm³/mol. The molecule has 1 aromatic heterocycles. The normalized spacial score (nSPS) is 15.7. The van der Waals surface area contributed by atoms with Gasteiger partial charge in [-0.25, -0.2) is 0 Å². The monoisotopic (exact) mass is 495 g/mol. The fourth-order valence-corrected chi connectivity index (χ4v) is 5.42. The third kappa shape index (κ3) is 6.14. The highest BCUT2D eigenvalue weighted by molar-refractivity contribution is 7.17.